The number of rotatable bonds is 6. The van der Waals surface area contributed by atoms with E-state index in [1.165, 1.54) is 0 Å². The number of piperidine rings is 1. The van der Waals surface area contributed by atoms with Crippen molar-refractivity contribution < 1.29 is 14.9 Å². The topological polar surface area (TPSA) is 52.9 Å². The zero-order valence-corrected chi connectivity index (χ0v) is 13.2. The summed E-state index contributed by atoms with van der Waals surface area (Å²) in [6, 6.07) is 7.13. The second-order valence-corrected chi connectivity index (χ2v) is 6.23. The van der Waals surface area contributed by atoms with Crippen molar-refractivity contribution in [3.05, 3.63) is 29.3 Å². The first-order chi connectivity index (χ1) is 10.0. The highest BCUT2D eigenvalue weighted by Crippen LogP contribution is 2.20. The quantitative estimate of drug-likeness (QED) is 0.845. The van der Waals surface area contributed by atoms with E-state index in [1.54, 1.807) is 24.3 Å². The van der Waals surface area contributed by atoms with Crippen molar-refractivity contribution in [3.8, 4) is 5.75 Å². The minimum Gasteiger partial charge on any atom is -0.491 e. The van der Waals surface area contributed by atoms with Crippen molar-refractivity contribution >= 4 is 11.6 Å². The van der Waals surface area contributed by atoms with Gasteiger partial charge in [0.05, 0.1) is 6.10 Å². The van der Waals surface area contributed by atoms with E-state index < -0.39 is 6.10 Å². The lowest BCUT2D eigenvalue weighted by molar-refractivity contribution is 0.0336. The Balaban J connectivity index is 1.68. The average Bonchev–Trinajstić information content (AvgIpc) is 2.47. The number of β-amino-alcohol motifs (C(OH)–C–C–N with tert-alkyl or cyclic N) is 1. The molecule has 118 valence electrons. The van der Waals surface area contributed by atoms with Gasteiger partial charge in [-0.3, -0.25) is 0 Å². The lowest BCUT2D eigenvalue weighted by Gasteiger charge is -2.34. The molecule has 4 nitrogen and oxygen atoms in total. The van der Waals surface area contributed by atoms with Crippen molar-refractivity contribution in [3.63, 3.8) is 0 Å². The molecule has 1 aliphatic rings. The third-order valence-electron chi connectivity index (χ3n) is 4.04. The monoisotopic (exact) mass is 313 g/mol. The molecule has 0 spiro atoms. The molecule has 2 N–H and O–H groups in total. The molecule has 0 saturated carbocycles. The van der Waals surface area contributed by atoms with Crippen molar-refractivity contribution in [1.82, 2.24) is 4.90 Å². The van der Waals surface area contributed by atoms with Crippen molar-refractivity contribution in [1.29, 1.82) is 0 Å². The Kier molecular flexibility index (Phi) is 6.30. The van der Waals surface area contributed by atoms with Gasteiger partial charge in [-0.2, -0.15) is 0 Å². The Morgan fingerprint density at radius 1 is 1.24 bits per heavy atom. The molecule has 2 rings (SSSR count). The van der Waals surface area contributed by atoms with E-state index in [2.05, 4.69) is 4.90 Å². The van der Waals surface area contributed by atoms with Crippen LogP contribution in [0.1, 0.15) is 19.8 Å². The van der Waals surface area contributed by atoms with Gasteiger partial charge in [-0.25, -0.2) is 0 Å². The van der Waals surface area contributed by atoms with Crippen LogP contribution in [-0.2, 0) is 0 Å². The molecule has 21 heavy (non-hydrogen) atoms. The minimum atomic E-state index is -0.510. The first-order valence-corrected chi connectivity index (χ1v) is 7.89. The zero-order chi connectivity index (χ0) is 15.2. The van der Waals surface area contributed by atoms with Crippen LogP contribution in [0, 0.1) is 5.92 Å². The van der Waals surface area contributed by atoms with Crippen LogP contribution in [0.15, 0.2) is 24.3 Å². The summed E-state index contributed by atoms with van der Waals surface area (Å²) in [5.74, 6) is 1.11. The Morgan fingerprint density at radius 3 is 2.43 bits per heavy atom. The van der Waals surface area contributed by atoms with Gasteiger partial charge in [0, 0.05) is 11.6 Å². The summed E-state index contributed by atoms with van der Waals surface area (Å²) in [5.41, 5.74) is 0. The third kappa shape index (κ3) is 5.47. The van der Waals surface area contributed by atoms with Crippen molar-refractivity contribution in [2.24, 2.45) is 5.92 Å². The summed E-state index contributed by atoms with van der Waals surface area (Å²) in [5, 5.41) is 20.3. The van der Waals surface area contributed by atoms with Gasteiger partial charge in [-0.05, 0) is 63.0 Å². The van der Waals surface area contributed by atoms with Crippen molar-refractivity contribution in [2.45, 2.75) is 32.0 Å². The molecule has 1 fully saturated rings. The molecule has 5 heteroatoms. The summed E-state index contributed by atoms with van der Waals surface area (Å²) >= 11 is 5.81. The Labute approximate surface area is 131 Å². The fourth-order valence-corrected chi connectivity index (χ4v) is 2.82. The highest BCUT2D eigenvalue weighted by atomic mass is 35.5. The fourth-order valence-electron chi connectivity index (χ4n) is 2.69. The van der Waals surface area contributed by atoms with Crippen LogP contribution in [0.3, 0.4) is 0 Å². The molecule has 1 aromatic rings. The Hall–Kier alpha value is -0.810. The van der Waals surface area contributed by atoms with E-state index >= 15 is 0 Å². The van der Waals surface area contributed by atoms with Crippen LogP contribution >= 0.6 is 11.6 Å². The fraction of sp³-hybridized carbons (Fsp3) is 0.625. The standard InChI is InChI=1S/C16H24ClNO3/c1-12(19)13-6-8-18(9-7-13)10-15(20)11-21-16-4-2-14(17)3-5-16/h2-5,12-13,15,19-20H,6-11H2,1H3. The van der Waals surface area contributed by atoms with Gasteiger partial charge >= 0.3 is 0 Å². The normalized spacial score (nSPS) is 20.2. The van der Waals surface area contributed by atoms with Crippen molar-refractivity contribution in [2.75, 3.05) is 26.2 Å². The van der Waals surface area contributed by atoms with E-state index in [9.17, 15) is 10.2 Å². The molecule has 0 amide bonds. The first-order valence-electron chi connectivity index (χ1n) is 7.51. The number of benzene rings is 1. The van der Waals surface area contributed by atoms with Crippen LogP contribution in [-0.4, -0.2) is 53.6 Å². The lowest BCUT2D eigenvalue weighted by atomic mass is 9.92. The number of ether oxygens (including phenoxy) is 1. The second kappa shape index (κ2) is 7.99. The van der Waals surface area contributed by atoms with Crippen LogP contribution in [0.4, 0.5) is 0 Å². The van der Waals surface area contributed by atoms with Gasteiger partial charge in [0.2, 0.25) is 0 Å². The molecule has 1 saturated heterocycles. The maximum absolute atomic E-state index is 10.1. The van der Waals surface area contributed by atoms with Gasteiger partial charge in [-0.1, -0.05) is 11.6 Å². The molecule has 2 atom stereocenters. The van der Waals surface area contributed by atoms with Gasteiger partial charge < -0.3 is 19.8 Å². The SMILES string of the molecule is CC(O)C1CCN(CC(O)COc2ccc(Cl)cc2)CC1. The maximum Gasteiger partial charge on any atom is 0.119 e. The summed E-state index contributed by atoms with van der Waals surface area (Å²) in [6.45, 7) is 4.59. The van der Waals surface area contributed by atoms with Crippen LogP contribution in [0.25, 0.3) is 0 Å². The number of hydrogen-bond donors (Lipinski definition) is 2. The summed E-state index contributed by atoms with van der Waals surface area (Å²) < 4.78 is 5.55. The predicted molar refractivity (Wildman–Crippen MR) is 83.8 cm³/mol. The maximum atomic E-state index is 10.1. The van der Waals surface area contributed by atoms with Crippen LogP contribution in [0.5, 0.6) is 5.75 Å². The average molecular weight is 314 g/mol. The molecular formula is C16H24ClNO3. The highest BCUT2D eigenvalue weighted by molar-refractivity contribution is 6.30. The molecule has 2 unspecified atom stereocenters. The summed E-state index contributed by atoms with van der Waals surface area (Å²) in [7, 11) is 0. The molecule has 0 aliphatic carbocycles. The molecule has 1 aromatic carbocycles. The summed E-state index contributed by atoms with van der Waals surface area (Å²) in [6.07, 6.45) is 1.24. The molecule has 1 heterocycles. The zero-order valence-electron chi connectivity index (χ0n) is 12.4. The third-order valence-corrected chi connectivity index (χ3v) is 4.29. The van der Waals surface area contributed by atoms with E-state index in [0.717, 1.165) is 25.9 Å². The van der Waals surface area contributed by atoms with Gasteiger partial charge in [0.15, 0.2) is 0 Å². The molecule has 0 aromatic heterocycles. The number of aliphatic hydroxyl groups is 2. The first kappa shape index (κ1) is 16.6. The van der Waals surface area contributed by atoms with Gasteiger partial charge in [-0.15, -0.1) is 0 Å². The number of nitrogens with zero attached hydrogens (tertiary/aromatic N) is 1. The van der Waals surface area contributed by atoms with Crippen LogP contribution < -0.4 is 4.74 Å². The number of hydrogen-bond acceptors (Lipinski definition) is 4. The number of halogens is 1. The molecule has 1 aliphatic heterocycles. The predicted octanol–water partition coefficient (Wildman–Crippen LogP) is 2.17. The molecule has 0 radical (unpaired) electrons. The van der Waals surface area contributed by atoms with E-state index in [-0.39, 0.29) is 12.7 Å². The summed E-state index contributed by atoms with van der Waals surface area (Å²) in [4.78, 5) is 2.23. The Bertz CT molecular complexity index is 416. The van der Waals surface area contributed by atoms with Gasteiger partial charge in [0.25, 0.3) is 0 Å². The van der Waals surface area contributed by atoms with E-state index in [1.807, 2.05) is 6.92 Å². The smallest absolute Gasteiger partial charge is 0.119 e. The minimum absolute atomic E-state index is 0.231. The largest absolute Gasteiger partial charge is 0.491 e. The van der Waals surface area contributed by atoms with Gasteiger partial charge in [0.1, 0.15) is 18.5 Å². The van der Waals surface area contributed by atoms with E-state index in [4.69, 9.17) is 16.3 Å². The number of likely N-dealkylation sites (tertiary alicyclic amines) is 1. The second-order valence-electron chi connectivity index (χ2n) is 5.80. The molecule has 0 bridgehead atoms. The lowest BCUT2D eigenvalue weighted by Crippen LogP contribution is -2.42. The number of aliphatic hydroxyl groups excluding tert-OH is 2. The molecular weight excluding hydrogens is 290 g/mol. The van der Waals surface area contributed by atoms with E-state index in [0.29, 0.717) is 23.2 Å². The van der Waals surface area contributed by atoms with Crippen LogP contribution in [0.2, 0.25) is 5.02 Å². The Morgan fingerprint density at radius 2 is 1.86 bits per heavy atom. The highest BCUT2D eigenvalue weighted by Gasteiger charge is 2.23.